The molecule has 0 aliphatic rings. The number of aryl methyl sites for hydroxylation is 1. The third kappa shape index (κ3) is 3.55. The summed E-state index contributed by atoms with van der Waals surface area (Å²) >= 11 is 0. The smallest absolute Gasteiger partial charge is 0.303 e. The van der Waals surface area contributed by atoms with Crippen molar-refractivity contribution in [3.8, 4) is 17.2 Å². The molecule has 100 valence electrons. The van der Waals surface area contributed by atoms with E-state index in [0.717, 1.165) is 5.56 Å². The lowest BCUT2D eigenvalue weighted by molar-refractivity contribution is -0.137. The van der Waals surface area contributed by atoms with Gasteiger partial charge in [-0.2, -0.15) is 0 Å². The Balaban J connectivity index is 2.95. The maximum atomic E-state index is 10.5. The molecule has 5 nitrogen and oxygen atoms in total. The van der Waals surface area contributed by atoms with E-state index in [1.54, 1.807) is 27.4 Å². The number of carboxylic acids is 1. The number of benzene rings is 1. The van der Waals surface area contributed by atoms with Crippen molar-refractivity contribution in [2.45, 2.75) is 19.3 Å². The van der Waals surface area contributed by atoms with E-state index >= 15 is 0 Å². The highest BCUT2D eigenvalue weighted by Crippen LogP contribution is 2.36. The normalized spacial score (nSPS) is 9.94. The van der Waals surface area contributed by atoms with Crippen LogP contribution < -0.4 is 14.2 Å². The van der Waals surface area contributed by atoms with E-state index in [9.17, 15) is 4.79 Å². The van der Waals surface area contributed by atoms with Crippen LogP contribution in [0, 0.1) is 0 Å². The zero-order valence-electron chi connectivity index (χ0n) is 10.9. The van der Waals surface area contributed by atoms with Crippen LogP contribution in [0.1, 0.15) is 18.4 Å². The van der Waals surface area contributed by atoms with Crippen LogP contribution in [0.3, 0.4) is 0 Å². The molecule has 0 saturated carbocycles. The Kier molecular flexibility index (Phi) is 5.30. The van der Waals surface area contributed by atoms with E-state index in [4.69, 9.17) is 19.3 Å². The summed E-state index contributed by atoms with van der Waals surface area (Å²) in [6.45, 7) is 0. The lowest BCUT2D eigenvalue weighted by Gasteiger charge is -2.14. The first kappa shape index (κ1) is 14.2. The second-order valence-electron chi connectivity index (χ2n) is 3.77. The summed E-state index contributed by atoms with van der Waals surface area (Å²) < 4.78 is 15.7. The molecule has 0 amide bonds. The Morgan fingerprint density at radius 1 is 1.17 bits per heavy atom. The summed E-state index contributed by atoms with van der Waals surface area (Å²) in [6, 6.07) is 3.57. The third-order valence-corrected chi connectivity index (χ3v) is 2.60. The maximum absolute atomic E-state index is 10.5. The average molecular weight is 254 g/mol. The third-order valence-electron chi connectivity index (χ3n) is 2.60. The largest absolute Gasteiger partial charge is 0.497 e. The van der Waals surface area contributed by atoms with Gasteiger partial charge in [-0.15, -0.1) is 0 Å². The molecule has 0 spiro atoms. The fourth-order valence-corrected chi connectivity index (χ4v) is 1.75. The predicted octanol–water partition coefficient (Wildman–Crippen LogP) is 2.12. The fourth-order valence-electron chi connectivity index (χ4n) is 1.75. The van der Waals surface area contributed by atoms with Crippen molar-refractivity contribution >= 4 is 5.97 Å². The van der Waals surface area contributed by atoms with Crippen molar-refractivity contribution in [2.24, 2.45) is 0 Å². The summed E-state index contributed by atoms with van der Waals surface area (Å²) in [4.78, 5) is 10.5. The van der Waals surface area contributed by atoms with Crippen LogP contribution in [0.25, 0.3) is 0 Å². The molecule has 1 aromatic carbocycles. The van der Waals surface area contributed by atoms with Gasteiger partial charge in [0.25, 0.3) is 0 Å². The standard InChI is InChI=1S/C13H18O5/c1-16-10-7-9(5-4-6-12(14)15)13(18-3)11(8-10)17-2/h7-8H,4-6H2,1-3H3,(H,14,15). The minimum Gasteiger partial charge on any atom is -0.497 e. The van der Waals surface area contributed by atoms with Gasteiger partial charge >= 0.3 is 5.97 Å². The molecule has 0 atom stereocenters. The highest BCUT2D eigenvalue weighted by Gasteiger charge is 2.13. The Labute approximate surface area is 106 Å². The number of carbonyl (C=O) groups is 1. The van der Waals surface area contributed by atoms with Gasteiger partial charge in [0, 0.05) is 18.1 Å². The predicted molar refractivity (Wildman–Crippen MR) is 66.7 cm³/mol. The van der Waals surface area contributed by atoms with Gasteiger partial charge < -0.3 is 19.3 Å². The molecule has 0 heterocycles. The molecule has 0 bridgehead atoms. The molecule has 1 aromatic rings. The quantitative estimate of drug-likeness (QED) is 0.807. The van der Waals surface area contributed by atoms with Gasteiger partial charge in [-0.1, -0.05) is 0 Å². The summed E-state index contributed by atoms with van der Waals surface area (Å²) in [7, 11) is 4.69. The molecule has 0 saturated heterocycles. The fraction of sp³-hybridized carbons (Fsp3) is 0.462. The lowest BCUT2D eigenvalue weighted by Crippen LogP contribution is -2.00. The lowest BCUT2D eigenvalue weighted by atomic mass is 10.1. The minimum absolute atomic E-state index is 0.128. The van der Waals surface area contributed by atoms with Crippen molar-refractivity contribution in [3.05, 3.63) is 17.7 Å². The Morgan fingerprint density at radius 3 is 2.39 bits per heavy atom. The number of rotatable bonds is 7. The van der Waals surface area contributed by atoms with Crippen molar-refractivity contribution in [2.75, 3.05) is 21.3 Å². The highest BCUT2D eigenvalue weighted by atomic mass is 16.5. The van der Waals surface area contributed by atoms with E-state index in [0.29, 0.717) is 30.1 Å². The molecule has 1 rings (SSSR count). The molecule has 5 heteroatoms. The number of hydrogen-bond donors (Lipinski definition) is 1. The number of ether oxygens (including phenoxy) is 3. The molecule has 1 N–H and O–H groups in total. The molecule has 0 aliphatic carbocycles. The van der Waals surface area contributed by atoms with E-state index < -0.39 is 5.97 Å². The molecule has 0 aromatic heterocycles. The first-order valence-electron chi connectivity index (χ1n) is 5.63. The topological polar surface area (TPSA) is 65.0 Å². The van der Waals surface area contributed by atoms with Crippen LogP contribution in [0.5, 0.6) is 17.2 Å². The summed E-state index contributed by atoms with van der Waals surface area (Å²) in [6.07, 6.45) is 1.27. The average Bonchev–Trinajstić information content (AvgIpc) is 2.37. The van der Waals surface area contributed by atoms with Crippen LogP contribution in [-0.2, 0) is 11.2 Å². The number of carboxylic acid groups (broad SMARTS) is 1. The van der Waals surface area contributed by atoms with Crippen molar-refractivity contribution in [3.63, 3.8) is 0 Å². The van der Waals surface area contributed by atoms with Gasteiger partial charge in [0.15, 0.2) is 11.5 Å². The molecule has 0 fully saturated rings. The molecule has 18 heavy (non-hydrogen) atoms. The zero-order chi connectivity index (χ0) is 13.5. The summed E-state index contributed by atoms with van der Waals surface area (Å²) in [5, 5.41) is 8.64. The van der Waals surface area contributed by atoms with Gasteiger partial charge in [0.05, 0.1) is 21.3 Å². The van der Waals surface area contributed by atoms with Gasteiger partial charge in [-0.05, 0) is 18.9 Å². The number of hydrogen-bond acceptors (Lipinski definition) is 4. The van der Waals surface area contributed by atoms with Crippen molar-refractivity contribution < 1.29 is 24.1 Å². The Hall–Kier alpha value is -1.91. The number of methoxy groups -OCH3 is 3. The summed E-state index contributed by atoms with van der Waals surface area (Å²) in [5.41, 5.74) is 0.884. The second kappa shape index (κ2) is 6.74. The SMILES string of the molecule is COc1cc(CCCC(=O)O)c(OC)c(OC)c1. The van der Waals surface area contributed by atoms with Crippen molar-refractivity contribution in [1.29, 1.82) is 0 Å². The van der Waals surface area contributed by atoms with E-state index in [1.807, 2.05) is 6.07 Å². The second-order valence-corrected chi connectivity index (χ2v) is 3.77. The first-order valence-corrected chi connectivity index (χ1v) is 5.63. The van der Waals surface area contributed by atoms with E-state index in [1.165, 1.54) is 0 Å². The highest BCUT2D eigenvalue weighted by molar-refractivity contribution is 5.66. The van der Waals surface area contributed by atoms with Crippen molar-refractivity contribution in [1.82, 2.24) is 0 Å². The van der Waals surface area contributed by atoms with Crippen LogP contribution in [0.4, 0.5) is 0 Å². The minimum atomic E-state index is -0.802. The molecular formula is C13H18O5. The molecule has 0 unspecified atom stereocenters. The van der Waals surface area contributed by atoms with E-state index in [2.05, 4.69) is 0 Å². The first-order chi connectivity index (χ1) is 8.62. The maximum Gasteiger partial charge on any atom is 0.303 e. The van der Waals surface area contributed by atoms with Crippen LogP contribution >= 0.6 is 0 Å². The zero-order valence-corrected chi connectivity index (χ0v) is 10.9. The molecular weight excluding hydrogens is 236 g/mol. The van der Waals surface area contributed by atoms with E-state index in [-0.39, 0.29) is 6.42 Å². The Morgan fingerprint density at radius 2 is 1.89 bits per heavy atom. The monoisotopic (exact) mass is 254 g/mol. The van der Waals surface area contributed by atoms with Gasteiger partial charge in [0.2, 0.25) is 0 Å². The van der Waals surface area contributed by atoms with Gasteiger partial charge in [-0.3, -0.25) is 4.79 Å². The van der Waals surface area contributed by atoms with Gasteiger partial charge in [-0.25, -0.2) is 0 Å². The molecule has 0 aliphatic heterocycles. The van der Waals surface area contributed by atoms with Gasteiger partial charge in [0.1, 0.15) is 5.75 Å². The Bertz CT molecular complexity index is 414. The van der Waals surface area contributed by atoms with Crippen LogP contribution in [-0.4, -0.2) is 32.4 Å². The number of aliphatic carboxylic acids is 1. The summed E-state index contributed by atoms with van der Waals surface area (Å²) in [5.74, 6) is 1.08. The van der Waals surface area contributed by atoms with Crippen LogP contribution in [0.2, 0.25) is 0 Å². The van der Waals surface area contributed by atoms with Crippen LogP contribution in [0.15, 0.2) is 12.1 Å². The molecule has 0 radical (unpaired) electrons.